The first-order valence-corrected chi connectivity index (χ1v) is 7.49. The third-order valence-corrected chi connectivity index (χ3v) is 3.13. The number of carbonyl (C=O) groups excluding carboxylic acids is 2. The van der Waals surface area contributed by atoms with Crippen LogP contribution in [0, 0.1) is 0 Å². The van der Waals surface area contributed by atoms with E-state index < -0.39 is 5.60 Å². The average Bonchev–Trinajstić information content (AvgIpc) is 2.35. The predicted molar refractivity (Wildman–Crippen MR) is 76.4 cm³/mol. The first kappa shape index (κ1) is 16.8. The third kappa shape index (κ3) is 6.26. The van der Waals surface area contributed by atoms with Crippen LogP contribution in [0.1, 0.15) is 59.8 Å². The van der Waals surface area contributed by atoms with E-state index in [0.717, 1.165) is 12.8 Å². The molecule has 0 N–H and O–H groups in total. The van der Waals surface area contributed by atoms with Gasteiger partial charge in [0.15, 0.2) is 0 Å². The second-order valence-corrected chi connectivity index (χ2v) is 6.26. The molecule has 1 saturated heterocycles. The Labute approximate surface area is 121 Å². The Bertz CT molecular complexity index is 327. The Morgan fingerprint density at radius 2 is 1.80 bits per heavy atom. The lowest BCUT2D eigenvalue weighted by atomic mass is 10.1. The molecule has 1 fully saturated rings. The van der Waals surface area contributed by atoms with E-state index in [1.54, 1.807) is 4.90 Å². The summed E-state index contributed by atoms with van der Waals surface area (Å²) < 4.78 is 10.7. The van der Waals surface area contributed by atoms with Crippen LogP contribution in [0.5, 0.6) is 0 Å². The fourth-order valence-corrected chi connectivity index (χ4v) is 2.05. The van der Waals surface area contributed by atoms with Crippen LogP contribution in [0.4, 0.5) is 4.79 Å². The number of hydrogen-bond donors (Lipinski definition) is 0. The molecule has 1 amide bonds. The smallest absolute Gasteiger partial charge is 0.410 e. The first-order valence-electron chi connectivity index (χ1n) is 7.49. The van der Waals surface area contributed by atoms with Crippen LogP contribution in [0.25, 0.3) is 0 Å². The minimum atomic E-state index is -0.472. The molecular formula is C15H27NO4. The van der Waals surface area contributed by atoms with Gasteiger partial charge in [-0.1, -0.05) is 13.3 Å². The second-order valence-electron chi connectivity index (χ2n) is 6.26. The van der Waals surface area contributed by atoms with E-state index in [1.807, 2.05) is 27.7 Å². The Kier molecular flexibility index (Phi) is 6.30. The van der Waals surface area contributed by atoms with Crippen LogP contribution in [-0.4, -0.2) is 41.8 Å². The van der Waals surface area contributed by atoms with Gasteiger partial charge in [0.05, 0.1) is 0 Å². The van der Waals surface area contributed by atoms with Crippen molar-refractivity contribution >= 4 is 12.1 Å². The molecule has 0 aromatic carbocycles. The Morgan fingerprint density at radius 3 is 2.30 bits per heavy atom. The van der Waals surface area contributed by atoms with Gasteiger partial charge in [-0.25, -0.2) is 4.79 Å². The first-order chi connectivity index (χ1) is 9.31. The maximum Gasteiger partial charge on any atom is 0.410 e. The highest BCUT2D eigenvalue weighted by Crippen LogP contribution is 2.18. The number of unbranched alkanes of at least 4 members (excludes halogenated alkanes) is 1. The number of piperidine rings is 1. The SMILES string of the molecule is CCCCC(=O)OC1CCN(C(=O)OC(C)(C)C)CC1. The molecule has 0 unspecified atom stereocenters. The standard InChI is InChI=1S/C15H27NO4/c1-5-6-7-13(17)19-12-8-10-16(11-9-12)14(18)20-15(2,3)4/h12H,5-11H2,1-4H3. The van der Waals surface area contributed by atoms with Crippen molar-refractivity contribution in [1.82, 2.24) is 4.90 Å². The largest absolute Gasteiger partial charge is 0.462 e. The van der Waals surface area contributed by atoms with E-state index in [-0.39, 0.29) is 18.2 Å². The summed E-state index contributed by atoms with van der Waals surface area (Å²) in [5, 5.41) is 0. The predicted octanol–water partition coefficient (Wildman–Crippen LogP) is 3.12. The number of rotatable bonds is 4. The lowest BCUT2D eigenvalue weighted by molar-refractivity contribution is -0.151. The van der Waals surface area contributed by atoms with Gasteiger partial charge in [0.1, 0.15) is 11.7 Å². The topological polar surface area (TPSA) is 55.8 Å². The molecule has 0 spiro atoms. The van der Waals surface area contributed by atoms with Gasteiger partial charge >= 0.3 is 12.1 Å². The highest BCUT2D eigenvalue weighted by molar-refractivity contribution is 5.70. The van der Waals surface area contributed by atoms with Crippen LogP contribution in [0.2, 0.25) is 0 Å². The lowest BCUT2D eigenvalue weighted by Gasteiger charge is -2.33. The molecule has 0 aromatic heterocycles. The number of likely N-dealkylation sites (tertiary alicyclic amines) is 1. The quantitative estimate of drug-likeness (QED) is 0.745. The zero-order valence-electron chi connectivity index (χ0n) is 13.1. The summed E-state index contributed by atoms with van der Waals surface area (Å²) in [6.45, 7) is 8.78. The van der Waals surface area contributed by atoms with Crippen molar-refractivity contribution in [1.29, 1.82) is 0 Å². The molecule has 5 nitrogen and oxygen atoms in total. The van der Waals surface area contributed by atoms with Crippen molar-refractivity contribution in [2.24, 2.45) is 0 Å². The van der Waals surface area contributed by atoms with Gasteiger partial charge in [0.25, 0.3) is 0 Å². The van der Waals surface area contributed by atoms with E-state index in [9.17, 15) is 9.59 Å². The average molecular weight is 285 g/mol. The number of esters is 1. The van der Waals surface area contributed by atoms with Gasteiger partial charge in [-0.2, -0.15) is 0 Å². The molecule has 1 aliphatic rings. The third-order valence-electron chi connectivity index (χ3n) is 3.13. The van der Waals surface area contributed by atoms with Crippen LogP contribution >= 0.6 is 0 Å². The maximum absolute atomic E-state index is 11.9. The molecule has 5 heteroatoms. The number of carbonyl (C=O) groups is 2. The highest BCUT2D eigenvalue weighted by atomic mass is 16.6. The molecule has 0 aromatic rings. The Balaban J connectivity index is 2.29. The zero-order valence-corrected chi connectivity index (χ0v) is 13.1. The van der Waals surface area contributed by atoms with Crippen molar-refractivity contribution in [3.05, 3.63) is 0 Å². The van der Waals surface area contributed by atoms with E-state index in [1.165, 1.54) is 0 Å². The van der Waals surface area contributed by atoms with Gasteiger partial charge in [0, 0.05) is 32.4 Å². The molecule has 1 heterocycles. The monoisotopic (exact) mass is 285 g/mol. The van der Waals surface area contributed by atoms with Crippen LogP contribution in [-0.2, 0) is 14.3 Å². The molecule has 20 heavy (non-hydrogen) atoms. The maximum atomic E-state index is 11.9. The van der Waals surface area contributed by atoms with Crippen molar-refractivity contribution in [3.63, 3.8) is 0 Å². The number of ether oxygens (including phenoxy) is 2. The van der Waals surface area contributed by atoms with Crippen molar-refractivity contribution < 1.29 is 19.1 Å². The summed E-state index contributed by atoms with van der Waals surface area (Å²) in [5.74, 6) is -0.123. The van der Waals surface area contributed by atoms with Gasteiger partial charge in [-0.15, -0.1) is 0 Å². The lowest BCUT2D eigenvalue weighted by Crippen LogP contribution is -2.43. The molecule has 116 valence electrons. The van der Waals surface area contributed by atoms with E-state index in [0.29, 0.717) is 32.4 Å². The van der Waals surface area contributed by atoms with Gasteiger partial charge in [-0.05, 0) is 27.2 Å². The van der Waals surface area contributed by atoms with Crippen LogP contribution in [0.15, 0.2) is 0 Å². The fraction of sp³-hybridized carbons (Fsp3) is 0.867. The summed E-state index contributed by atoms with van der Waals surface area (Å²) in [6, 6.07) is 0. The minimum Gasteiger partial charge on any atom is -0.462 e. The summed E-state index contributed by atoms with van der Waals surface area (Å²) >= 11 is 0. The summed E-state index contributed by atoms with van der Waals surface area (Å²) in [4.78, 5) is 25.1. The Hall–Kier alpha value is -1.26. The van der Waals surface area contributed by atoms with E-state index >= 15 is 0 Å². The van der Waals surface area contributed by atoms with Crippen LogP contribution < -0.4 is 0 Å². The van der Waals surface area contributed by atoms with Crippen molar-refractivity contribution in [3.8, 4) is 0 Å². The van der Waals surface area contributed by atoms with E-state index in [4.69, 9.17) is 9.47 Å². The summed E-state index contributed by atoms with van der Waals surface area (Å²) in [7, 11) is 0. The molecule has 0 atom stereocenters. The fourth-order valence-electron chi connectivity index (χ4n) is 2.05. The number of nitrogens with zero attached hydrogens (tertiary/aromatic N) is 1. The molecule has 1 aliphatic heterocycles. The number of hydrogen-bond acceptors (Lipinski definition) is 4. The molecule has 0 aliphatic carbocycles. The summed E-state index contributed by atoms with van der Waals surface area (Å²) in [6.07, 6.45) is 3.39. The second kappa shape index (κ2) is 7.50. The van der Waals surface area contributed by atoms with Crippen LogP contribution in [0.3, 0.4) is 0 Å². The number of amides is 1. The van der Waals surface area contributed by atoms with Gasteiger partial charge in [0.2, 0.25) is 0 Å². The molecule has 1 rings (SSSR count). The van der Waals surface area contributed by atoms with E-state index in [2.05, 4.69) is 0 Å². The minimum absolute atomic E-state index is 0.0574. The molecular weight excluding hydrogens is 258 g/mol. The Morgan fingerprint density at radius 1 is 1.20 bits per heavy atom. The normalized spacial score (nSPS) is 16.9. The molecule has 0 bridgehead atoms. The zero-order chi connectivity index (χ0) is 15.2. The van der Waals surface area contributed by atoms with Gasteiger partial charge < -0.3 is 14.4 Å². The van der Waals surface area contributed by atoms with Crippen molar-refractivity contribution in [2.45, 2.75) is 71.5 Å². The van der Waals surface area contributed by atoms with Crippen molar-refractivity contribution in [2.75, 3.05) is 13.1 Å². The summed E-state index contributed by atoms with van der Waals surface area (Å²) in [5.41, 5.74) is -0.472. The highest BCUT2D eigenvalue weighted by Gasteiger charge is 2.28. The molecule has 0 radical (unpaired) electrons. The molecule has 0 saturated carbocycles. The van der Waals surface area contributed by atoms with Gasteiger partial charge in [-0.3, -0.25) is 4.79 Å².